The molecule has 0 N–H and O–H groups in total. The number of ether oxygens (including phenoxy) is 2. The number of halogens is 2. The summed E-state index contributed by atoms with van der Waals surface area (Å²) in [6.45, 7) is 3.79. The summed E-state index contributed by atoms with van der Waals surface area (Å²) >= 11 is 3.17. The molecule has 0 bridgehead atoms. The summed E-state index contributed by atoms with van der Waals surface area (Å²) in [5.74, 6) is -0.557. The molecule has 0 aliphatic carbocycles. The van der Waals surface area contributed by atoms with E-state index in [9.17, 15) is 9.18 Å². The van der Waals surface area contributed by atoms with Crippen molar-refractivity contribution in [3.05, 3.63) is 28.5 Å². The molecule has 1 aliphatic rings. The van der Waals surface area contributed by atoms with Gasteiger partial charge in [-0.15, -0.1) is 0 Å². The quantitative estimate of drug-likeness (QED) is 0.852. The average Bonchev–Trinajstić information content (AvgIpc) is 2.42. The molecule has 2 rings (SSSR count). The minimum Gasteiger partial charge on any atom is -0.478 e. The van der Waals surface area contributed by atoms with Gasteiger partial charge in [0.1, 0.15) is 0 Å². The lowest BCUT2D eigenvalue weighted by Gasteiger charge is -2.29. The SMILES string of the molecule is C[C@H](Oc1ccc(Br)cc1F)C(=O)N1CCOCC1. The molecule has 0 radical (unpaired) electrons. The van der Waals surface area contributed by atoms with Crippen molar-refractivity contribution in [3.8, 4) is 5.75 Å². The van der Waals surface area contributed by atoms with E-state index >= 15 is 0 Å². The molecule has 1 saturated heterocycles. The van der Waals surface area contributed by atoms with Crippen molar-refractivity contribution in [2.45, 2.75) is 13.0 Å². The smallest absolute Gasteiger partial charge is 0.263 e. The zero-order valence-corrected chi connectivity index (χ0v) is 12.2. The van der Waals surface area contributed by atoms with Crippen molar-refractivity contribution < 1.29 is 18.7 Å². The fourth-order valence-electron chi connectivity index (χ4n) is 1.85. The van der Waals surface area contributed by atoms with E-state index in [1.54, 1.807) is 17.9 Å². The van der Waals surface area contributed by atoms with E-state index in [0.717, 1.165) is 0 Å². The van der Waals surface area contributed by atoms with Gasteiger partial charge in [0.2, 0.25) is 0 Å². The van der Waals surface area contributed by atoms with Gasteiger partial charge in [0.25, 0.3) is 5.91 Å². The number of morpholine rings is 1. The summed E-state index contributed by atoms with van der Waals surface area (Å²) in [5.41, 5.74) is 0. The lowest BCUT2D eigenvalue weighted by Crippen LogP contribution is -2.46. The van der Waals surface area contributed by atoms with E-state index in [2.05, 4.69) is 15.9 Å². The molecule has 1 aliphatic heterocycles. The van der Waals surface area contributed by atoms with Gasteiger partial charge >= 0.3 is 0 Å². The Labute approximate surface area is 119 Å². The van der Waals surface area contributed by atoms with Gasteiger partial charge < -0.3 is 14.4 Å². The van der Waals surface area contributed by atoms with Gasteiger partial charge in [-0.25, -0.2) is 4.39 Å². The van der Waals surface area contributed by atoms with Gasteiger partial charge in [-0.3, -0.25) is 4.79 Å². The van der Waals surface area contributed by atoms with Crippen LogP contribution in [0, 0.1) is 5.82 Å². The molecular weight excluding hydrogens is 317 g/mol. The highest BCUT2D eigenvalue weighted by Gasteiger charge is 2.24. The highest BCUT2D eigenvalue weighted by atomic mass is 79.9. The fourth-order valence-corrected chi connectivity index (χ4v) is 2.19. The first-order valence-corrected chi connectivity index (χ1v) is 6.85. The number of hydrogen-bond donors (Lipinski definition) is 0. The van der Waals surface area contributed by atoms with Crippen LogP contribution in [-0.2, 0) is 9.53 Å². The second-order valence-electron chi connectivity index (χ2n) is 4.27. The van der Waals surface area contributed by atoms with Crippen molar-refractivity contribution in [1.29, 1.82) is 0 Å². The standard InChI is InChI=1S/C13H15BrFNO3/c1-9(13(17)16-4-6-18-7-5-16)19-12-3-2-10(14)8-11(12)15/h2-3,8-9H,4-7H2,1H3/t9-/m0/s1. The third-order valence-electron chi connectivity index (χ3n) is 2.87. The topological polar surface area (TPSA) is 38.8 Å². The van der Waals surface area contributed by atoms with Crippen molar-refractivity contribution >= 4 is 21.8 Å². The molecule has 0 spiro atoms. The number of amides is 1. The maximum Gasteiger partial charge on any atom is 0.263 e. The summed E-state index contributed by atoms with van der Waals surface area (Å²) < 4.78 is 24.8. The Morgan fingerprint density at radius 1 is 1.47 bits per heavy atom. The first-order chi connectivity index (χ1) is 9.08. The Bertz CT molecular complexity index is 463. The Kier molecular flexibility index (Phi) is 4.76. The summed E-state index contributed by atoms with van der Waals surface area (Å²) in [7, 11) is 0. The molecule has 0 unspecified atom stereocenters. The molecule has 0 saturated carbocycles. The van der Waals surface area contributed by atoms with E-state index in [1.807, 2.05) is 0 Å². The first-order valence-electron chi connectivity index (χ1n) is 6.06. The molecule has 19 heavy (non-hydrogen) atoms. The van der Waals surface area contributed by atoms with Gasteiger partial charge in [-0.1, -0.05) is 15.9 Å². The molecule has 0 aromatic heterocycles. The van der Waals surface area contributed by atoms with Crippen LogP contribution in [0.2, 0.25) is 0 Å². The summed E-state index contributed by atoms with van der Waals surface area (Å²) in [6, 6.07) is 4.48. The van der Waals surface area contributed by atoms with Crippen LogP contribution >= 0.6 is 15.9 Å². The van der Waals surface area contributed by atoms with Crippen LogP contribution in [0.25, 0.3) is 0 Å². The van der Waals surface area contributed by atoms with Crippen LogP contribution in [-0.4, -0.2) is 43.2 Å². The number of carbonyl (C=O) groups is 1. The Morgan fingerprint density at radius 3 is 2.79 bits per heavy atom. The zero-order chi connectivity index (χ0) is 13.8. The molecule has 1 aromatic carbocycles. The van der Waals surface area contributed by atoms with Crippen molar-refractivity contribution in [2.75, 3.05) is 26.3 Å². The minimum absolute atomic E-state index is 0.0808. The van der Waals surface area contributed by atoms with Gasteiger partial charge in [-0.05, 0) is 25.1 Å². The van der Waals surface area contributed by atoms with Gasteiger partial charge in [0.05, 0.1) is 13.2 Å². The fraction of sp³-hybridized carbons (Fsp3) is 0.462. The van der Waals surface area contributed by atoms with E-state index < -0.39 is 11.9 Å². The number of hydrogen-bond acceptors (Lipinski definition) is 3. The number of rotatable bonds is 3. The molecule has 1 aromatic rings. The van der Waals surface area contributed by atoms with Crippen LogP contribution in [0.5, 0.6) is 5.75 Å². The highest BCUT2D eigenvalue weighted by Crippen LogP contribution is 2.22. The predicted octanol–water partition coefficient (Wildman–Crippen LogP) is 2.21. The van der Waals surface area contributed by atoms with Crippen molar-refractivity contribution in [3.63, 3.8) is 0 Å². The average molecular weight is 332 g/mol. The second kappa shape index (κ2) is 6.34. The molecule has 104 valence electrons. The van der Waals surface area contributed by atoms with E-state index in [4.69, 9.17) is 9.47 Å². The van der Waals surface area contributed by atoms with Gasteiger partial charge in [0, 0.05) is 17.6 Å². The van der Waals surface area contributed by atoms with Crippen molar-refractivity contribution in [1.82, 2.24) is 4.90 Å². The maximum atomic E-state index is 13.6. The predicted molar refractivity (Wildman–Crippen MR) is 71.6 cm³/mol. The Balaban J connectivity index is 1.99. The first kappa shape index (κ1) is 14.3. The molecule has 4 nitrogen and oxygen atoms in total. The Morgan fingerprint density at radius 2 is 2.16 bits per heavy atom. The number of nitrogens with zero attached hydrogens (tertiary/aromatic N) is 1. The van der Waals surface area contributed by atoms with Gasteiger partial charge in [0.15, 0.2) is 17.7 Å². The molecule has 1 atom stereocenters. The summed E-state index contributed by atoms with van der Waals surface area (Å²) in [5, 5.41) is 0. The molecule has 1 fully saturated rings. The largest absolute Gasteiger partial charge is 0.478 e. The number of carbonyl (C=O) groups excluding carboxylic acids is 1. The molecule has 1 heterocycles. The van der Waals surface area contributed by atoms with Crippen LogP contribution < -0.4 is 4.74 Å². The Hall–Kier alpha value is -1.14. The van der Waals surface area contributed by atoms with E-state index in [1.165, 1.54) is 12.1 Å². The van der Waals surface area contributed by atoms with E-state index in [0.29, 0.717) is 30.8 Å². The summed E-state index contributed by atoms with van der Waals surface area (Å²) in [4.78, 5) is 13.8. The van der Waals surface area contributed by atoms with Crippen LogP contribution in [0.4, 0.5) is 4.39 Å². The normalized spacial score (nSPS) is 17.1. The molecule has 6 heteroatoms. The third-order valence-corrected chi connectivity index (χ3v) is 3.36. The lowest BCUT2D eigenvalue weighted by atomic mass is 10.3. The molecular formula is C13H15BrFNO3. The second-order valence-corrected chi connectivity index (χ2v) is 5.19. The highest BCUT2D eigenvalue weighted by molar-refractivity contribution is 9.10. The zero-order valence-electron chi connectivity index (χ0n) is 10.6. The van der Waals surface area contributed by atoms with Crippen LogP contribution in [0.3, 0.4) is 0 Å². The van der Waals surface area contributed by atoms with Crippen LogP contribution in [0.15, 0.2) is 22.7 Å². The minimum atomic E-state index is -0.714. The monoisotopic (exact) mass is 331 g/mol. The van der Waals surface area contributed by atoms with Gasteiger partial charge in [-0.2, -0.15) is 0 Å². The van der Waals surface area contributed by atoms with E-state index in [-0.39, 0.29) is 11.7 Å². The lowest BCUT2D eigenvalue weighted by molar-refractivity contribution is -0.142. The third kappa shape index (κ3) is 3.67. The van der Waals surface area contributed by atoms with Crippen LogP contribution in [0.1, 0.15) is 6.92 Å². The number of benzene rings is 1. The maximum absolute atomic E-state index is 13.6. The summed E-state index contributed by atoms with van der Waals surface area (Å²) in [6.07, 6.45) is -0.714. The van der Waals surface area contributed by atoms with Crippen molar-refractivity contribution in [2.24, 2.45) is 0 Å². The molecule has 1 amide bonds.